The van der Waals surface area contributed by atoms with Crippen molar-refractivity contribution < 1.29 is 40.7 Å². The molecule has 1 heterocycles. The van der Waals surface area contributed by atoms with Crippen molar-refractivity contribution in [2.75, 3.05) is 5.32 Å². The summed E-state index contributed by atoms with van der Waals surface area (Å²) < 4.78 is 77.9. The minimum atomic E-state index is -4.76. The van der Waals surface area contributed by atoms with Crippen molar-refractivity contribution >= 4 is 29.1 Å². The molecule has 41 heavy (non-hydrogen) atoms. The zero-order chi connectivity index (χ0) is 30.5. The maximum Gasteiger partial charge on any atom is 0.389 e. The highest BCUT2D eigenvalue weighted by atomic mass is 19.4. The smallest absolute Gasteiger partial charge is 0.369 e. The highest BCUT2D eigenvalue weighted by molar-refractivity contribution is 6.20. The Morgan fingerprint density at radius 2 is 1.61 bits per heavy atom. The Morgan fingerprint density at radius 1 is 1.00 bits per heavy atom. The van der Waals surface area contributed by atoms with Crippen molar-refractivity contribution in [1.29, 1.82) is 0 Å². The average Bonchev–Trinajstić information content (AvgIpc) is 3.00. The van der Waals surface area contributed by atoms with Gasteiger partial charge in [-0.25, -0.2) is 4.99 Å². The summed E-state index contributed by atoms with van der Waals surface area (Å²) in [5.41, 5.74) is 8.74. The molecule has 0 aliphatic carbocycles. The molecule has 0 radical (unpaired) electrons. The van der Waals surface area contributed by atoms with Crippen LogP contribution in [0.3, 0.4) is 0 Å². The predicted molar refractivity (Wildman–Crippen MR) is 140 cm³/mol. The molecule has 3 atom stereocenters. The van der Waals surface area contributed by atoms with E-state index >= 15 is 0 Å². The number of anilines is 1. The van der Waals surface area contributed by atoms with Gasteiger partial charge in [0.2, 0.25) is 18.0 Å². The number of para-hydroxylation sites is 1. The van der Waals surface area contributed by atoms with Crippen LogP contribution in [0.15, 0.2) is 47.5 Å². The Labute approximate surface area is 232 Å². The van der Waals surface area contributed by atoms with Crippen molar-refractivity contribution in [3.8, 4) is 0 Å². The number of halogens is 6. The number of carbonyl (C=O) groups is 3. The molecular weight excluding hydrogens is 554 g/mol. The SMILES string of the molecule is CCc1cccc2c1NC(=O)[C@@H](NC(=O)[C@@H](CCC(F)(F)F)[C@@H](CCC(F)(F)F)C(N)=O)N=C2c1cccc(C)c1. The van der Waals surface area contributed by atoms with Crippen LogP contribution in [0, 0.1) is 18.8 Å². The van der Waals surface area contributed by atoms with Gasteiger partial charge in [0, 0.05) is 35.8 Å². The van der Waals surface area contributed by atoms with Crippen molar-refractivity contribution in [2.24, 2.45) is 22.6 Å². The number of benzodiazepines with no additional fused rings is 1. The van der Waals surface area contributed by atoms with E-state index in [1.165, 1.54) is 0 Å². The molecule has 0 spiro atoms. The molecular formula is C28H30F6N4O3. The lowest BCUT2D eigenvalue weighted by Gasteiger charge is -2.26. The fraction of sp³-hybridized carbons (Fsp3) is 0.429. The van der Waals surface area contributed by atoms with E-state index in [1.807, 2.05) is 19.9 Å². The lowest BCUT2D eigenvalue weighted by Crippen LogP contribution is -2.48. The third kappa shape index (κ3) is 8.54. The summed E-state index contributed by atoms with van der Waals surface area (Å²) in [7, 11) is 0. The monoisotopic (exact) mass is 584 g/mol. The molecule has 0 fully saturated rings. The van der Waals surface area contributed by atoms with Crippen molar-refractivity contribution in [3.63, 3.8) is 0 Å². The topological polar surface area (TPSA) is 114 Å². The molecule has 2 aromatic carbocycles. The van der Waals surface area contributed by atoms with E-state index in [4.69, 9.17) is 5.73 Å². The van der Waals surface area contributed by atoms with E-state index in [9.17, 15) is 40.7 Å². The van der Waals surface area contributed by atoms with Gasteiger partial charge in [-0.05, 0) is 37.8 Å². The Morgan fingerprint density at radius 3 is 2.17 bits per heavy atom. The molecule has 3 rings (SSSR count). The summed E-state index contributed by atoms with van der Waals surface area (Å²) in [5, 5.41) is 4.98. The standard InChI is InChI=1S/C28H30F6N4O3/c1-3-16-7-5-9-20-21(16)37-26(41)24(36-22(20)17-8-4-6-15(2)14-17)38-25(40)19(11-13-28(32,33)34)18(23(35)39)10-12-27(29,30)31/h4-9,14,18-19,24H,3,10-13H2,1-2H3,(H2,35,39)(H,37,41)(H,38,40)/t18-,19+,24-/m1/s1. The highest BCUT2D eigenvalue weighted by Crippen LogP contribution is 2.33. The van der Waals surface area contributed by atoms with E-state index in [0.717, 1.165) is 11.1 Å². The van der Waals surface area contributed by atoms with Crippen LogP contribution in [0.25, 0.3) is 0 Å². The molecule has 7 nitrogen and oxygen atoms in total. The predicted octanol–water partition coefficient (Wildman–Crippen LogP) is 5.19. The number of amides is 3. The summed E-state index contributed by atoms with van der Waals surface area (Å²) in [6, 6.07) is 12.4. The third-order valence-corrected chi connectivity index (χ3v) is 6.78. The average molecular weight is 585 g/mol. The van der Waals surface area contributed by atoms with Gasteiger partial charge in [-0.2, -0.15) is 26.3 Å². The number of aryl methyl sites for hydroxylation is 2. The second kappa shape index (κ2) is 12.7. The summed E-state index contributed by atoms with van der Waals surface area (Å²) >= 11 is 0. The first-order valence-electron chi connectivity index (χ1n) is 12.9. The number of hydrogen-bond acceptors (Lipinski definition) is 4. The largest absolute Gasteiger partial charge is 0.389 e. The fourth-order valence-electron chi connectivity index (χ4n) is 4.75. The lowest BCUT2D eigenvalue weighted by atomic mass is 9.83. The maximum atomic E-state index is 13.3. The van der Waals surface area contributed by atoms with E-state index in [-0.39, 0.29) is 0 Å². The van der Waals surface area contributed by atoms with Crippen molar-refractivity contribution in [3.05, 3.63) is 64.7 Å². The van der Waals surface area contributed by atoms with E-state index in [1.54, 1.807) is 36.4 Å². The van der Waals surface area contributed by atoms with E-state index in [2.05, 4.69) is 15.6 Å². The van der Waals surface area contributed by atoms with Gasteiger partial charge < -0.3 is 16.4 Å². The fourth-order valence-corrected chi connectivity index (χ4v) is 4.75. The van der Waals surface area contributed by atoms with Gasteiger partial charge in [-0.15, -0.1) is 0 Å². The second-order valence-electron chi connectivity index (χ2n) is 9.86. The number of primary amides is 1. The first-order chi connectivity index (χ1) is 19.1. The Hall–Kier alpha value is -3.90. The zero-order valence-electron chi connectivity index (χ0n) is 22.3. The van der Waals surface area contributed by atoms with Crippen LogP contribution in [0.2, 0.25) is 0 Å². The molecule has 13 heteroatoms. The number of carbonyl (C=O) groups excluding carboxylic acids is 3. The molecule has 0 bridgehead atoms. The van der Waals surface area contributed by atoms with E-state index in [0.29, 0.717) is 28.9 Å². The van der Waals surface area contributed by atoms with Gasteiger partial charge in [0.05, 0.1) is 11.4 Å². The summed E-state index contributed by atoms with van der Waals surface area (Å²) in [6.07, 6.45) is -15.7. The van der Waals surface area contributed by atoms with Gasteiger partial charge in [0.1, 0.15) is 0 Å². The van der Waals surface area contributed by atoms with Gasteiger partial charge >= 0.3 is 12.4 Å². The van der Waals surface area contributed by atoms with Crippen LogP contribution >= 0.6 is 0 Å². The molecule has 1 aliphatic rings. The Balaban J connectivity index is 2.04. The van der Waals surface area contributed by atoms with Crippen LogP contribution in [0.1, 0.15) is 54.9 Å². The van der Waals surface area contributed by atoms with Gasteiger partial charge in [0.15, 0.2) is 0 Å². The van der Waals surface area contributed by atoms with Crippen LogP contribution in [-0.4, -0.2) is 42.0 Å². The number of nitrogens with zero attached hydrogens (tertiary/aromatic N) is 1. The third-order valence-electron chi connectivity index (χ3n) is 6.78. The molecule has 1 aliphatic heterocycles. The molecule has 0 aromatic heterocycles. The molecule has 2 aromatic rings. The second-order valence-corrected chi connectivity index (χ2v) is 9.86. The Kier molecular flexibility index (Phi) is 9.82. The van der Waals surface area contributed by atoms with Gasteiger partial charge in [0.25, 0.3) is 5.91 Å². The minimum Gasteiger partial charge on any atom is -0.369 e. The number of nitrogens with one attached hydrogen (secondary N) is 2. The minimum absolute atomic E-state index is 0.304. The normalized spacial score (nSPS) is 17.0. The van der Waals surface area contributed by atoms with Crippen LogP contribution < -0.4 is 16.4 Å². The lowest BCUT2D eigenvalue weighted by molar-refractivity contribution is -0.152. The number of hydrogen-bond donors (Lipinski definition) is 3. The Bertz CT molecular complexity index is 1320. The molecule has 0 unspecified atom stereocenters. The summed E-state index contributed by atoms with van der Waals surface area (Å²) in [5.74, 6) is -7.17. The first-order valence-corrected chi connectivity index (χ1v) is 12.9. The number of fused-ring (bicyclic) bond motifs is 1. The number of aliphatic imine (C=N–C) groups is 1. The number of benzene rings is 2. The maximum absolute atomic E-state index is 13.3. The molecule has 3 amide bonds. The molecule has 222 valence electrons. The summed E-state index contributed by atoms with van der Waals surface area (Å²) in [6.45, 7) is 3.70. The molecule has 0 saturated heterocycles. The van der Waals surface area contributed by atoms with Crippen LogP contribution in [-0.2, 0) is 20.8 Å². The highest BCUT2D eigenvalue weighted by Gasteiger charge is 2.40. The molecule has 0 saturated carbocycles. The van der Waals surface area contributed by atoms with E-state index < -0.39 is 73.8 Å². The van der Waals surface area contributed by atoms with Crippen molar-refractivity contribution in [1.82, 2.24) is 5.32 Å². The van der Waals surface area contributed by atoms with Crippen molar-refractivity contribution in [2.45, 2.75) is 64.5 Å². The number of rotatable bonds is 10. The van der Waals surface area contributed by atoms with Gasteiger partial charge in [-0.3, -0.25) is 14.4 Å². The van der Waals surface area contributed by atoms with Gasteiger partial charge in [-0.1, -0.05) is 48.9 Å². The van der Waals surface area contributed by atoms with Crippen LogP contribution in [0.4, 0.5) is 32.0 Å². The van der Waals surface area contributed by atoms with Crippen LogP contribution in [0.5, 0.6) is 0 Å². The molecule has 4 N–H and O–H groups in total. The first kappa shape index (κ1) is 31.6. The number of alkyl halides is 6. The number of nitrogens with two attached hydrogens (primary N) is 1. The summed E-state index contributed by atoms with van der Waals surface area (Å²) in [4.78, 5) is 43.1. The quantitative estimate of drug-likeness (QED) is 0.334. The zero-order valence-corrected chi connectivity index (χ0v) is 22.3.